The molecule has 0 spiro atoms. The van der Waals surface area contributed by atoms with E-state index in [4.69, 9.17) is 5.73 Å². The van der Waals surface area contributed by atoms with Crippen molar-refractivity contribution in [2.45, 2.75) is 20.3 Å². The topological polar surface area (TPSA) is 80.4 Å². The molecule has 0 heterocycles. The molecule has 0 saturated carbocycles. The zero-order valence-electron chi connectivity index (χ0n) is 10.9. The maximum atomic E-state index is 12.3. The number of carbonyl (C=O) groups is 2. The Labute approximate surface area is 111 Å². The van der Waals surface area contributed by atoms with E-state index >= 15 is 0 Å². The van der Waals surface area contributed by atoms with Gasteiger partial charge < -0.3 is 10.8 Å². The molecule has 1 aliphatic carbocycles. The van der Waals surface area contributed by atoms with Crippen molar-refractivity contribution in [1.29, 1.82) is 0 Å². The third-order valence-corrected chi connectivity index (χ3v) is 3.06. The third-order valence-electron chi connectivity index (χ3n) is 3.06. The van der Waals surface area contributed by atoms with E-state index in [-0.39, 0.29) is 34.6 Å². The highest BCUT2D eigenvalue weighted by Gasteiger charge is 2.32. The Balaban J connectivity index is 2.57. The summed E-state index contributed by atoms with van der Waals surface area (Å²) in [6.07, 6.45) is 2.02. The summed E-state index contributed by atoms with van der Waals surface area (Å²) >= 11 is 0. The van der Waals surface area contributed by atoms with Crippen LogP contribution < -0.4 is 5.73 Å². The SMILES string of the molecule is CC(C)=CCC1=C(O)C(=O)c2cccc(N)c2C1=O. The number of rotatable bonds is 2. The van der Waals surface area contributed by atoms with Crippen LogP contribution in [0.25, 0.3) is 0 Å². The van der Waals surface area contributed by atoms with E-state index in [0.29, 0.717) is 0 Å². The van der Waals surface area contributed by atoms with Crippen molar-refractivity contribution in [2.75, 3.05) is 5.73 Å². The molecule has 19 heavy (non-hydrogen) atoms. The summed E-state index contributed by atoms with van der Waals surface area (Å²) in [5.41, 5.74) is 7.51. The van der Waals surface area contributed by atoms with Gasteiger partial charge in [0.1, 0.15) is 0 Å². The smallest absolute Gasteiger partial charge is 0.228 e. The van der Waals surface area contributed by atoms with Gasteiger partial charge in [-0.3, -0.25) is 9.59 Å². The molecular formula is C15H15NO3. The summed E-state index contributed by atoms with van der Waals surface area (Å²) < 4.78 is 0. The van der Waals surface area contributed by atoms with E-state index in [2.05, 4.69) is 0 Å². The van der Waals surface area contributed by atoms with Gasteiger partial charge in [-0.2, -0.15) is 0 Å². The fourth-order valence-electron chi connectivity index (χ4n) is 2.03. The fourth-order valence-corrected chi connectivity index (χ4v) is 2.03. The Morgan fingerprint density at radius 1 is 1.26 bits per heavy atom. The molecule has 0 unspecified atom stereocenters. The van der Waals surface area contributed by atoms with Gasteiger partial charge in [0.25, 0.3) is 0 Å². The zero-order valence-corrected chi connectivity index (χ0v) is 10.9. The number of carbonyl (C=O) groups excluding carboxylic acids is 2. The lowest BCUT2D eigenvalue weighted by molar-refractivity contribution is 0.0928. The van der Waals surface area contributed by atoms with Gasteiger partial charge in [0.15, 0.2) is 11.5 Å². The summed E-state index contributed by atoms with van der Waals surface area (Å²) in [6, 6.07) is 4.67. The summed E-state index contributed by atoms with van der Waals surface area (Å²) in [5.74, 6) is -1.39. The van der Waals surface area contributed by atoms with Crippen molar-refractivity contribution in [3.05, 3.63) is 52.3 Å². The van der Waals surface area contributed by atoms with E-state index in [1.807, 2.05) is 13.8 Å². The number of anilines is 1. The number of nitrogens with two attached hydrogens (primary N) is 1. The number of benzene rings is 1. The first-order valence-corrected chi connectivity index (χ1v) is 5.97. The Kier molecular flexibility index (Phi) is 3.25. The normalized spacial score (nSPS) is 14.4. The molecular weight excluding hydrogens is 242 g/mol. The van der Waals surface area contributed by atoms with Crippen LogP contribution in [0, 0.1) is 0 Å². The molecule has 0 aromatic heterocycles. The van der Waals surface area contributed by atoms with E-state index in [9.17, 15) is 14.7 Å². The predicted octanol–water partition coefficient (Wildman–Crippen LogP) is 2.82. The number of allylic oxidation sites excluding steroid dienone is 4. The van der Waals surface area contributed by atoms with Crippen molar-refractivity contribution in [1.82, 2.24) is 0 Å². The average molecular weight is 257 g/mol. The van der Waals surface area contributed by atoms with E-state index in [0.717, 1.165) is 5.57 Å². The second-order valence-electron chi connectivity index (χ2n) is 4.74. The van der Waals surface area contributed by atoms with Crippen molar-refractivity contribution < 1.29 is 14.7 Å². The maximum absolute atomic E-state index is 12.3. The minimum absolute atomic E-state index is 0.108. The number of aliphatic hydroxyl groups excluding tert-OH is 1. The third kappa shape index (κ3) is 2.17. The maximum Gasteiger partial charge on any atom is 0.228 e. The molecule has 4 nitrogen and oxygen atoms in total. The molecule has 0 saturated heterocycles. The van der Waals surface area contributed by atoms with Crippen LogP contribution in [0.15, 0.2) is 41.2 Å². The van der Waals surface area contributed by atoms with Crippen LogP contribution in [0.1, 0.15) is 41.0 Å². The van der Waals surface area contributed by atoms with Gasteiger partial charge in [-0.15, -0.1) is 0 Å². The van der Waals surface area contributed by atoms with Gasteiger partial charge in [0, 0.05) is 16.8 Å². The second-order valence-corrected chi connectivity index (χ2v) is 4.74. The molecule has 4 heteroatoms. The van der Waals surface area contributed by atoms with Crippen molar-refractivity contribution in [3.8, 4) is 0 Å². The number of nitrogen functional groups attached to an aromatic ring is 1. The summed E-state index contributed by atoms with van der Waals surface area (Å²) in [7, 11) is 0. The molecule has 0 bridgehead atoms. The Morgan fingerprint density at radius 3 is 2.58 bits per heavy atom. The van der Waals surface area contributed by atoms with Gasteiger partial charge in [0.2, 0.25) is 5.78 Å². The quantitative estimate of drug-likeness (QED) is 0.630. The van der Waals surface area contributed by atoms with E-state index in [1.54, 1.807) is 18.2 Å². The van der Waals surface area contributed by atoms with Crippen LogP contribution in [-0.4, -0.2) is 16.7 Å². The lowest BCUT2D eigenvalue weighted by atomic mass is 9.85. The molecule has 1 aromatic carbocycles. The monoisotopic (exact) mass is 257 g/mol. The Morgan fingerprint density at radius 2 is 1.95 bits per heavy atom. The van der Waals surface area contributed by atoms with Gasteiger partial charge in [0.05, 0.1) is 5.56 Å². The van der Waals surface area contributed by atoms with Crippen LogP contribution in [0.4, 0.5) is 5.69 Å². The van der Waals surface area contributed by atoms with Crippen molar-refractivity contribution in [3.63, 3.8) is 0 Å². The zero-order chi connectivity index (χ0) is 14.2. The van der Waals surface area contributed by atoms with Crippen LogP contribution in [0.5, 0.6) is 0 Å². The van der Waals surface area contributed by atoms with Gasteiger partial charge >= 0.3 is 0 Å². The minimum Gasteiger partial charge on any atom is -0.504 e. The number of hydrogen-bond donors (Lipinski definition) is 2. The van der Waals surface area contributed by atoms with Crippen LogP contribution >= 0.6 is 0 Å². The highest BCUT2D eigenvalue weighted by atomic mass is 16.3. The Hall–Kier alpha value is -2.36. The molecule has 0 atom stereocenters. The highest BCUT2D eigenvalue weighted by Crippen LogP contribution is 2.30. The lowest BCUT2D eigenvalue weighted by Gasteiger charge is -2.18. The van der Waals surface area contributed by atoms with Crippen LogP contribution in [0.2, 0.25) is 0 Å². The second kappa shape index (κ2) is 4.72. The van der Waals surface area contributed by atoms with Crippen molar-refractivity contribution in [2.24, 2.45) is 0 Å². The fraction of sp³-hybridized carbons (Fsp3) is 0.200. The summed E-state index contributed by atoms with van der Waals surface area (Å²) in [6.45, 7) is 3.77. The average Bonchev–Trinajstić information content (AvgIpc) is 2.35. The molecule has 0 fully saturated rings. The molecule has 1 aliphatic rings. The number of hydrogen-bond acceptors (Lipinski definition) is 4. The van der Waals surface area contributed by atoms with Crippen molar-refractivity contribution >= 4 is 17.3 Å². The molecule has 0 amide bonds. The van der Waals surface area contributed by atoms with Gasteiger partial charge in [-0.25, -0.2) is 0 Å². The molecule has 3 N–H and O–H groups in total. The summed E-state index contributed by atoms with van der Waals surface area (Å²) in [4.78, 5) is 24.4. The molecule has 0 radical (unpaired) electrons. The highest BCUT2D eigenvalue weighted by molar-refractivity contribution is 6.27. The van der Waals surface area contributed by atoms with Crippen LogP contribution in [-0.2, 0) is 0 Å². The van der Waals surface area contributed by atoms with Gasteiger partial charge in [-0.05, 0) is 26.3 Å². The Bertz CT molecular complexity index is 635. The molecule has 98 valence electrons. The number of Topliss-reactive ketones (excluding diaryl/α,β-unsaturated/α-hetero) is 2. The lowest BCUT2D eigenvalue weighted by Crippen LogP contribution is -2.23. The number of aliphatic hydroxyl groups is 1. The number of fused-ring (bicyclic) bond motifs is 1. The molecule has 2 rings (SSSR count). The summed E-state index contributed by atoms with van der Waals surface area (Å²) in [5, 5.41) is 9.90. The first kappa shape index (κ1) is 13.1. The number of ketones is 2. The van der Waals surface area contributed by atoms with E-state index < -0.39 is 11.5 Å². The predicted molar refractivity (Wildman–Crippen MR) is 73.2 cm³/mol. The minimum atomic E-state index is -0.543. The van der Waals surface area contributed by atoms with E-state index in [1.165, 1.54) is 6.07 Å². The van der Waals surface area contributed by atoms with Crippen LogP contribution in [0.3, 0.4) is 0 Å². The largest absolute Gasteiger partial charge is 0.504 e. The first-order chi connectivity index (χ1) is 8.93. The first-order valence-electron chi connectivity index (χ1n) is 5.97. The molecule has 1 aromatic rings. The standard InChI is InChI=1S/C15H15NO3/c1-8(2)6-7-10-13(17)12-9(14(18)15(10)19)4-3-5-11(12)16/h3-6,19H,7,16H2,1-2H3. The van der Waals surface area contributed by atoms with Gasteiger partial charge in [-0.1, -0.05) is 23.8 Å². The molecule has 0 aliphatic heterocycles.